The van der Waals surface area contributed by atoms with E-state index >= 15 is 0 Å². The van der Waals surface area contributed by atoms with E-state index in [1.807, 2.05) is 0 Å². The molecule has 1 N–H and O–H groups in total. The zero-order chi connectivity index (χ0) is 12.0. The van der Waals surface area contributed by atoms with Gasteiger partial charge in [-0.15, -0.1) is 12.3 Å². The monoisotopic (exact) mass is 241 g/mol. The molecule has 0 radical (unpaired) electrons. The lowest BCUT2D eigenvalue weighted by Gasteiger charge is -2.03. The largest absolute Gasteiger partial charge is 0.274 e. The second-order valence-corrected chi connectivity index (χ2v) is 5.18. The first-order chi connectivity index (χ1) is 7.56. The molecule has 0 amide bonds. The van der Waals surface area contributed by atoms with E-state index < -0.39 is 10.0 Å². The molecular weight excluding hydrogens is 226 g/mol. The summed E-state index contributed by atoms with van der Waals surface area (Å²) in [6.07, 6.45) is 10.1. The summed E-state index contributed by atoms with van der Waals surface area (Å²) in [5.74, 6) is 2.51. The molecule has 0 saturated carbocycles. The lowest BCUT2D eigenvalue weighted by molar-refractivity contribution is 0.577. The summed E-state index contributed by atoms with van der Waals surface area (Å²) >= 11 is 0. The van der Waals surface area contributed by atoms with Gasteiger partial charge in [-0.3, -0.25) is 4.68 Å². The van der Waals surface area contributed by atoms with Crippen molar-refractivity contribution in [2.45, 2.75) is 24.2 Å². The van der Waals surface area contributed by atoms with Crippen molar-refractivity contribution in [3.63, 3.8) is 0 Å². The second-order valence-electron chi connectivity index (χ2n) is 3.41. The van der Waals surface area contributed by atoms with Gasteiger partial charge in [0.2, 0.25) is 10.0 Å². The van der Waals surface area contributed by atoms with Gasteiger partial charge < -0.3 is 0 Å². The molecule has 0 atom stereocenters. The summed E-state index contributed by atoms with van der Waals surface area (Å²) in [5.41, 5.74) is 0. The van der Waals surface area contributed by atoms with Gasteiger partial charge in [0, 0.05) is 26.2 Å². The molecule has 0 unspecified atom stereocenters. The Bertz CT molecular complexity index is 470. The van der Waals surface area contributed by atoms with Crippen LogP contribution < -0.4 is 4.72 Å². The average Bonchev–Trinajstić information content (AvgIpc) is 2.65. The number of nitrogens with zero attached hydrogens (tertiary/aromatic N) is 2. The molecule has 5 nitrogen and oxygen atoms in total. The molecule has 0 aliphatic rings. The molecule has 1 aromatic rings. The highest BCUT2D eigenvalue weighted by Crippen LogP contribution is 2.05. The van der Waals surface area contributed by atoms with Gasteiger partial charge in [0.15, 0.2) is 0 Å². The van der Waals surface area contributed by atoms with Crippen LogP contribution in [0, 0.1) is 12.3 Å². The first-order valence-electron chi connectivity index (χ1n) is 4.98. The fourth-order valence-electron chi connectivity index (χ4n) is 1.18. The van der Waals surface area contributed by atoms with Gasteiger partial charge in [-0.2, -0.15) is 5.10 Å². The summed E-state index contributed by atoms with van der Waals surface area (Å²) in [6, 6.07) is 0. The number of aryl methyl sites for hydroxylation is 1. The molecule has 0 bridgehead atoms. The molecule has 0 fully saturated rings. The standard InChI is InChI=1S/C10H15N3O2S/c1-3-4-5-6-7-12-16(14,15)10-8-11-13(2)9-10/h1,8-9,12H,4-7H2,2H3. The van der Waals surface area contributed by atoms with Crippen molar-refractivity contribution in [2.24, 2.45) is 7.05 Å². The van der Waals surface area contributed by atoms with Crippen LogP contribution in [0.3, 0.4) is 0 Å². The zero-order valence-corrected chi connectivity index (χ0v) is 10.00. The molecule has 16 heavy (non-hydrogen) atoms. The maximum Gasteiger partial charge on any atom is 0.243 e. The number of terminal acetylenes is 1. The first kappa shape index (κ1) is 12.7. The van der Waals surface area contributed by atoms with Gasteiger partial charge in [0.1, 0.15) is 4.90 Å². The van der Waals surface area contributed by atoms with Crippen LogP contribution in [0.15, 0.2) is 17.3 Å². The zero-order valence-electron chi connectivity index (χ0n) is 9.18. The highest BCUT2D eigenvalue weighted by atomic mass is 32.2. The van der Waals surface area contributed by atoms with Gasteiger partial charge >= 0.3 is 0 Å². The fraction of sp³-hybridized carbons (Fsp3) is 0.500. The van der Waals surface area contributed by atoms with E-state index in [0.717, 1.165) is 12.8 Å². The molecule has 1 aromatic heterocycles. The van der Waals surface area contributed by atoms with Crippen molar-refractivity contribution in [1.29, 1.82) is 0 Å². The summed E-state index contributed by atoms with van der Waals surface area (Å²) < 4.78 is 27.3. The Balaban J connectivity index is 2.45. The van der Waals surface area contributed by atoms with Crippen LogP contribution in [0.1, 0.15) is 19.3 Å². The number of sulfonamides is 1. The summed E-state index contributed by atoms with van der Waals surface area (Å²) in [5, 5.41) is 3.81. The molecule has 1 heterocycles. The van der Waals surface area contributed by atoms with E-state index in [4.69, 9.17) is 6.42 Å². The van der Waals surface area contributed by atoms with E-state index in [9.17, 15) is 8.42 Å². The Morgan fingerprint density at radius 2 is 2.31 bits per heavy atom. The third-order valence-corrected chi connectivity index (χ3v) is 3.45. The number of hydrogen-bond acceptors (Lipinski definition) is 3. The predicted molar refractivity (Wildman–Crippen MR) is 61.1 cm³/mol. The van der Waals surface area contributed by atoms with Crippen molar-refractivity contribution in [3.8, 4) is 12.3 Å². The average molecular weight is 241 g/mol. The smallest absolute Gasteiger partial charge is 0.243 e. The topological polar surface area (TPSA) is 64.0 Å². The molecule has 0 spiro atoms. The van der Waals surface area contributed by atoms with E-state index in [1.54, 1.807) is 7.05 Å². The van der Waals surface area contributed by atoms with Crippen LogP contribution in [-0.2, 0) is 17.1 Å². The number of nitrogens with one attached hydrogen (secondary N) is 1. The lowest BCUT2D eigenvalue weighted by Crippen LogP contribution is -2.24. The molecule has 0 saturated heterocycles. The van der Waals surface area contributed by atoms with E-state index in [-0.39, 0.29) is 4.90 Å². The van der Waals surface area contributed by atoms with Crippen molar-refractivity contribution in [1.82, 2.24) is 14.5 Å². The SMILES string of the molecule is C#CCCCCNS(=O)(=O)c1cnn(C)c1. The highest BCUT2D eigenvalue weighted by Gasteiger charge is 2.14. The Hall–Kier alpha value is -1.32. The van der Waals surface area contributed by atoms with E-state index in [1.165, 1.54) is 17.1 Å². The van der Waals surface area contributed by atoms with Crippen molar-refractivity contribution in [3.05, 3.63) is 12.4 Å². The first-order valence-corrected chi connectivity index (χ1v) is 6.46. The van der Waals surface area contributed by atoms with Crippen molar-refractivity contribution >= 4 is 10.0 Å². The summed E-state index contributed by atoms with van der Waals surface area (Å²) in [6.45, 7) is 0.402. The third-order valence-electron chi connectivity index (χ3n) is 2.03. The number of unbranched alkanes of at least 4 members (excludes halogenated alkanes) is 2. The van der Waals surface area contributed by atoms with E-state index in [0.29, 0.717) is 13.0 Å². The van der Waals surface area contributed by atoms with Crippen LogP contribution >= 0.6 is 0 Å². The maximum atomic E-state index is 11.7. The number of rotatable bonds is 6. The molecule has 1 rings (SSSR count). The Kier molecular flexibility index (Phi) is 4.52. The fourth-order valence-corrected chi connectivity index (χ4v) is 2.24. The lowest BCUT2D eigenvalue weighted by atomic mass is 10.2. The molecule has 0 aliphatic heterocycles. The Morgan fingerprint density at radius 3 is 2.88 bits per heavy atom. The van der Waals surface area contributed by atoms with Crippen molar-refractivity contribution in [2.75, 3.05) is 6.54 Å². The molecule has 0 aromatic carbocycles. The molecule has 6 heteroatoms. The predicted octanol–water partition coefficient (Wildman–Crippen LogP) is 0.502. The normalized spacial score (nSPS) is 11.2. The van der Waals surface area contributed by atoms with Gasteiger partial charge in [-0.05, 0) is 12.8 Å². The highest BCUT2D eigenvalue weighted by molar-refractivity contribution is 7.89. The molecule has 0 aliphatic carbocycles. The van der Waals surface area contributed by atoms with Crippen LogP contribution in [-0.4, -0.2) is 24.7 Å². The maximum absolute atomic E-state index is 11.7. The minimum atomic E-state index is -3.41. The van der Waals surface area contributed by atoms with E-state index in [2.05, 4.69) is 15.7 Å². The molecular formula is C10H15N3O2S. The number of hydrogen-bond donors (Lipinski definition) is 1. The number of aromatic nitrogens is 2. The second kappa shape index (κ2) is 5.68. The van der Waals surface area contributed by atoms with Gasteiger partial charge in [0.25, 0.3) is 0 Å². The molecule has 88 valence electrons. The van der Waals surface area contributed by atoms with Crippen LogP contribution in [0.25, 0.3) is 0 Å². The quantitative estimate of drug-likeness (QED) is 0.583. The summed E-state index contributed by atoms with van der Waals surface area (Å²) in [7, 11) is -1.74. The van der Waals surface area contributed by atoms with Crippen LogP contribution in [0.4, 0.5) is 0 Å². The van der Waals surface area contributed by atoms with Crippen LogP contribution in [0.5, 0.6) is 0 Å². The minimum absolute atomic E-state index is 0.187. The minimum Gasteiger partial charge on any atom is -0.274 e. The van der Waals surface area contributed by atoms with Crippen LogP contribution in [0.2, 0.25) is 0 Å². The summed E-state index contributed by atoms with van der Waals surface area (Å²) in [4.78, 5) is 0.187. The van der Waals surface area contributed by atoms with Crippen molar-refractivity contribution < 1.29 is 8.42 Å². The van der Waals surface area contributed by atoms with Gasteiger partial charge in [-0.25, -0.2) is 13.1 Å². The van der Waals surface area contributed by atoms with Gasteiger partial charge in [-0.1, -0.05) is 0 Å². The Labute approximate surface area is 95.9 Å². The Morgan fingerprint density at radius 1 is 1.56 bits per heavy atom. The van der Waals surface area contributed by atoms with Gasteiger partial charge in [0.05, 0.1) is 6.20 Å². The third kappa shape index (κ3) is 3.68.